The molecular weight excluding hydrogens is 871 g/mol. The fourth-order valence-corrected chi connectivity index (χ4v) is 12.7. The second kappa shape index (κ2) is 15.5. The largest absolute Gasteiger partial charge is 0.310 e. The highest BCUT2D eigenvalue weighted by atomic mass is 15.2. The van der Waals surface area contributed by atoms with Gasteiger partial charge in [0.15, 0.2) is 0 Å². The first-order valence-corrected chi connectivity index (χ1v) is 25.4. The number of aryl methyl sites for hydroxylation is 1. The van der Waals surface area contributed by atoms with Gasteiger partial charge >= 0.3 is 0 Å². The molecule has 3 nitrogen and oxygen atoms in total. The van der Waals surface area contributed by atoms with Crippen LogP contribution in [0.25, 0.3) is 87.4 Å². The van der Waals surface area contributed by atoms with Crippen molar-refractivity contribution in [2.45, 2.75) is 32.1 Å². The van der Waals surface area contributed by atoms with E-state index in [0.29, 0.717) is 0 Å². The molecule has 2 aliphatic rings. The lowest BCUT2D eigenvalue weighted by atomic mass is 9.74. The van der Waals surface area contributed by atoms with Crippen LogP contribution in [-0.2, 0) is 11.8 Å². The highest BCUT2D eigenvalue weighted by Crippen LogP contribution is 2.53. The SMILES string of the molecule is CC1(C)c2ccccc2-n2c3ccc(N(c4ccc5ccccc5c4)c4cc5ccccc5c5ccccc45)cc3c3cc(N(c4ccc5ccccc5c4)c4cc5ccccc5c5c4C=CCC5)cc1c32. The highest BCUT2D eigenvalue weighted by Gasteiger charge is 2.37. The summed E-state index contributed by atoms with van der Waals surface area (Å²) in [6, 6.07) is 84.2. The summed E-state index contributed by atoms with van der Waals surface area (Å²) in [5.74, 6) is 0. The highest BCUT2D eigenvalue weighted by molar-refractivity contribution is 6.17. The monoisotopic (exact) mass is 919 g/mol. The number of nitrogens with zero attached hydrogens (tertiary/aromatic N) is 3. The van der Waals surface area contributed by atoms with Crippen molar-refractivity contribution < 1.29 is 0 Å². The molecule has 0 bridgehead atoms. The fraction of sp³-hybridized carbons (Fsp3) is 0.0725. The lowest BCUT2D eigenvalue weighted by Crippen LogP contribution is -2.26. The van der Waals surface area contributed by atoms with Crippen LogP contribution < -0.4 is 9.80 Å². The van der Waals surface area contributed by atoms with Crippen LogP contribution in [0.3, 0.4) is 0 Å². The normalized spacial score (nSPS) is 13.6. The molecule has 0 spiro atoms. The quantitative estimate of drug-likeness (QED) is 0.154. The van der Waals surface area contributed by atoms with Gasteiger partial charge < -0.3 is 14.4 Å². The topological polar surface area (TPSA) is 11.4 Å². The lowest BCUT2D eigenvalue weighted by Gasteiger charge is -2.36. The van der Waals surface area contributed by atoms with Crippen LogP contribution in [0, 0.1) is 0 Å². The standard InChI is InChI=1S/C69H49N3/c1-69(2)62-29-15-16-30-65(62)72-64-36-35-52(70(50-33-31-44-17-3-5-19-46(44)37-50)66-39-48-21-7-9-23-54(48)56-25-11-13-27-58(56)66)41-60(64)61-42-53(43-63(69)68(61)72)71(51-34-32-45-18-4-6-20-47(45)38-51)67-40-49-22-8-10-24-55(49)57-26-12-14-28-59(57)67/h3-11,13-25,27-43H,12,26H2,1-2H3. The molecule has 1 aromatic heterocycles. The molecule has 3 heteroatoms. The smallest absolute Gasteiger partial charge is 0.0583 e. The average molecular weight is 920 g/mol. The Bertz CT molecular complexity index is 4450. The van der Waals surface area contributed by atoms with E-state index in [0.717, 1.165) is 41.3 Å². The third kappa shape index (κ3) is 6.04. The number of para-hydroxylation sites is 1. The minimum absolute atomic E-state index is 0.309. The van der Waals surface area contributed by atoms with Crippen LogP contribution in [0.15, 0.2) is 231 Å². The van der Waals surface area contributed by atoms with Crippen molar-refractivity contribution in [3.8, 4) is 5.69 Å². The Kier molecular flexibility index (Phi) is 8.83. The van der Waals surface area contributed by atoms with Gasteiger partial charge in [0.1, 0.15) is 0 Å². The van der Waals surface area contributed by atoms with Crippen molar-refractivity contribution >= 4 is 116 Å². The van der Waals surface area contributed by atoms with Gasteiger partial charge in [-0.2, -0.15) is 0 Å². The molecule has 0 radical (unpaired) electrons. The van der Waals surface area contributed by atoms with E-state index < -0.39 is 0 Å². The van der Waals surface area contributed by atoms with Gasteiger partial charge in [-0.1, -0.05) is 178 Å². The van der Waals surface area contributed by atoms with Crippen LogP contribution in [-0.4, -0.2) is 4.57 Å². The van der Waals surface area contributed by atoms with Gasteiger partial charge in [-0.25, -0.2) is 0 Å². The first kappa shape index (κ1) is 40.9. The van der Waals surface area contributed by atoms with Crippen molar-refractivity contribution in [2.24, 2.45) is 0 Å². The molecule has 0 unspecified atom stereocenters. The van der Waals surface area contributed by atoms with Crippen LogP contribution in [0.5, 0.6) is 0 Å². The number of hydrogen-bond acceptors (Lipinski definition) is 2. The van der Waals surface area contributed by atoms with Gasteiger partial charge in [-0.05, 0) is 151 Å². The van der Waals surface area contributed by atoms with Crippen LogP contribution in [0.2, 0.25) is 0 Å². The first-order valence-electron chi connectivity index (χ1n) is 25.4. The third-order valence-corrected chi connectivity index (χ3v) is 16.1. The van der Waals surface area contributed by atoms with E-state index in [1.807, 2.05) is 0 Å². The Labute approximate surface area is 418 Å². The molecule has 0 saturated heterocycles. The van der Waals surface area contributed by atoms with Gasteiger partial charge in [0, 0.05) is 49.9 Å². The number of allylic oxidation sites excluding steroid dienone is 1. The summed E-state index contributed by atoms with van der Waals surface area (Å²) >= 11 is 0. The number of rotatable bonds is 6. The number of anilines is 6. The minimum atomic E-state index is -0.309. The van der Waals surface area contributed by atoms with Crippen molar-refractivity contribution in [1.29, 1.82) is 0 Å². The second-order valence-corrected chi connectivity index (χ2v) is 20.4. The molecule has 72 heavy (non-hydrogen) atoms. The zero-order valence-electron chi connectivity index (χ0n) is 40.3. The van der Waals surface area contributed by atoms with Crippen LogP contribution in [0.1, 0.15) is 42.5 Å². The third-order valence-electron chi connectivity index (χ3n) is 16.1. The predicted octanol–water partition coefficient (Wildman–Crippen LogP) is 19.1. The van der Waals surface area contributed by atoms with E-state index in [1.54, 1.807) is 0 Å². The first-order chi connectivity index (χ1) is 35.5. The Morgan fingerprint density at radius 2 is 0.931 bits per heavy atom. The van der Waals surface area contributed by atoms with Crippen LogP contribution >= 0.6 is 0 Å². The van der Waals surface area contributed by atoms with Gasteiger partial charge in [0.05, 0.1) is 28.1 Å². The van der Waals surface area contributed by atoms with E-state index in [1.165, 1.54) is 109 Å². The fourth-order valence-electron chi connectivity index (χ4n) is 12.7. The molecule has 13 aromatic rings. The van der Waals surface area contributed by atoms with Gasteiger partial charge in [-0.3, -0.25) is 0 Å². The molecule has 1 aliphatic heterocycles. The summed E-state index contributed by atoms with van der Waals surface area (Å²) in [6.45, 7) is 4.84. The van der Waals surface area contributed by atoms with Gasteiger partial charge in [0.25, 0.3) is 0 Å². The predicted molar refractivity (Wildman–Crippen MR) is 307 cm³/mol. The van der Waals surface area contributed by atoms with Crippen molar-refractivity contribution in [1.82, 2.24) is 4.57 Å². The maximum absolute atomic E-state index is 2.57. The summed E-state index contributed by atoms with van der Waals surface area (Å²) < 4.78 is 2.56. The van der Waals surface area contributed by atoms with Crippen molar-refractivity contribution in [2.75, 3.05) is 9.80 Å². The molecule has 0 saturated carbocycles. The summed E-state index contributed by atoms with van der Waals surface area (Å²) in [7, 11) is 0. The molecular formula is C69H49N3. The van der Waals surface area contributed by atoms with Crippen LogP contribution in [0.4, 0.5) is 34.1 Å². The Morgan fingerprint density at radius 1 is 0.389 bits per heavy atom. The maximum Gasteiger partial charge on any atom is 0.0583 e. The molecule has 12 aromatic carbocycles. The van der Waals surface area contributed by atoms with E-state index in [2.05, 4.69) is 265 Å². The molecule has 0 N–H and O–H groups in total. The average Bonchev–Trinajstić information content (AvgIpc) is 3.76. The summed E-state index contributed by atoms with van der Waals surface area (Å²) in [4.78, 5) is 5.07. The zero-order valence-corrected chi connectivity index (χ0v) is 40.3. The zero-order chi connectivity index (χ0) is 47.7. The van der Waals surface area contributed by atoms with Gasteiger partial charge in [0.2, 0.25) is 0 Å². The van der Waals surface area contributed by atoms with E-state index in [4.69, 9.17) is 0 Å². The number of hydrogen-bond donors (Lipinski definition) is 0. The molecule has 1 aliphatic carbocycles. The molecule has 340 valence electrons. The molecule has 0 fully saturated rings. The minimum Gasteiger partial charge on any atom is -0.310 e. The Morgan fingerprint density at radius 3 is 1.67 bits per heavy atom. The maximum atomic E-state index is 2.57. The Balaban J connectivity index is 1.05. The molecule has 15 rings (SSSR count). The number of aromatic nitrogens is 1. The lowest BCUT2D eigenvalue weighted by molar-refractivity contribution is 0.630. The summed E-state index contributed by atoms with van der Waals surface area (Å²) in [5.41, 5.74) is 15.6. The van der Waals surface area contributed by atoms with Crippen molar-refractivity contribution in [3.05, 3.63) is 253 Å². The van der Waals surface area contributed by atoms with E-state index >= 15 is 0 Å². The number of fused-ring (bicyclic) bond motifs is 13. The summed E-state index contributed by atoms with van der Waals surface area (Å²) in [5, 5.41) is 14.9. The molecule has 0 amide bonds. The number of benzene rings is 12. The van der Waals surface area contributed by atoms with E-state index in [-0.39, 0.29) is 5.41 Å². The Hall–Kier alpha value is -8.92. The van der Waals surface area contributed by atoms with Crippen molar-refractivity contribution in [3.63, 3.8) is 0 Å². The van der Waals surface area contributed by atoms with E-state index in [9.17, 15) is 0 Å². The van der Waals surface area contributed by atoms with Gasteiger partial charge in [-0.15, -0.1) is 0 Å². The molecule has 2 heterocycles. The second-order valence-electron chi connectivity index (χ2n) is 20.4. The summed E-state index contributed by atoms with van der Waals surface area (Å²) in [6.07, 6.45) is 6.79. The molecule has 0 atom stereocenters.